The average molecular weight is 312 g/mol. The van der Waals surface area contributed by atoms with E-state index in [0.717, 1.165) is 0 Å². The minimum absolute atomic E-state index is 0.0687. The molecule has 1 aliphatic rings. The molecule has 0 aromatic heterocycles. The highest BCUT2D eigenvalue weighted by atomic mass is 16.5. The van der Waals surface area contributed by atoms with Gasteiger partial charge < -0.3 is 20.1 Å². The number of hydrogen-bond donors (Lipinski definition) is 2. The van der Waals surface area contributed by atoms with Crippen molar-refractivity contribution >= 4 is 28.9 Å². The van der Waals surface area contributed by atoms with Gasteiger partial charge in [-0.3, -0.25) is 4.79 Å². The Bertz CT molecular complexity index is 773. The van der Waals surface area contributed by atoms with Crippen molar-refractivity contribution in [3.63, 3.8) is 0 Å². The molecule has 1 aliphatic heterocycles. The van der Waals surface area contributed by atoms with Gasteiger partial charge in [0.15, 0.2) is 0 Å². The fourth-order valence-electron chi connectivity index (χ4n) is 2.68. The van der Waals surface area contributed by atoms with Crippen LogP contribution in [0.15, 0.2) is 42.5 Å². The zero-order valence-corrected chi connectivity index (χ0v) is 12.6. The molecule has 3 rings (SSSR count). The predicted octanol–water partition coefficient (Wildman–Crippen LogP) is 2.17. The Morgan fingerprint density at radius 3 is 2.74 bits per heavy atom. The fourth-order valence-corrected chi connectivity index (χ4v) is 2.68. The number of nitrogens with zero attached hydrogens (tertiary/aromatic N) is 1. The van der Waals surface area contributed by atoms with Gasteiger partial charge in [0.05, 0.1) is 41.9 Å². The highest BCUT2D eigenvalue weighted by molar-refractivity contribution is 6.13. The molecule has 6 heteroatoms. The second-order valence-corrected chi connectivity index (χ2v) is 5.07. The molecule has 0 unspecified atom stereocenters. The highest BCUT2D eigenvalue weighted by Crippen LogP contribution is 2.38. The number of rotatable bonds is 3. The number of benzene rings is 2. The first-order chi connectivity index (χ1) is 11.2. The quantitative estimate of drug-likeness (QED) is 0.849. The lowest BCUT2D eigenvalue weighted by Gasteiger charge is -2.25. The third-order valence-corrected chi connectivity index (χ3v) is 3.72. The standard InChI is InChI=1S/C17H16N2O4/c1-23-17(22)11-6-7-15-13(10-11)18-16(21)12-4-2-3-5-14(12)19(15)8-9-20/h2-7,10,20H,8-9H2,1H3,(H,18,21). The second kappa shape index (κ2) is 6.10. The van der Waals surface area contributed by atoms with E-state index >= 15 is 0 Å². The molecule has 0 spiro atoms. The minimum atomic E-state index is -0.475. The molecule has 6 nitrogen and oxygen atoms in total. The van der Waals surface area contributed by atoms with Gasteiger partial charge in [-0.15, -0.1) is 0 Å². The van der Waals surface area contributed by atoms with Crippen LogP contribution in [-0.4, -0.2) is 37.2 Å². The molecule has 1 amide bonds. The molecule has 0 saturated heterocycles. The van der Waals surface area contributed by atoms with Crippen LogP contribution in [0.4, 0.5) is 17.1 Å². The molecule has 0 bridgehead atoms. The lowest BCUT2D eigenvalue weighted by atomic mass is 10.1. The number of para-hydroxylation sites is 1. The molecule has 0 atom stereocenters. The van der Waals surface area contributed by atoms with E-state index in [9.17, 15) is 14.7 Å². The highest BCUT2D eigenvalue weighted by Gasteiger charge is 2.25. The van der Waals surface area contributed by atoms with Gasteiger partial charge >= 0.3 is 5.97 Å². The maximum atomic E-state index is 12.5. The van der Waals surface area contributed by atoms with Crippen molar-refractivity contribution in [1.82, 2.24) is 0 Å². The first-order valence-electron chi connectivity index (χ1n) is 7.17. The molecule has 2 aromatic carbocycles. The normalized spacial score (nSPS) is 12.8. The maximum absolute atomic E-state index is 12.5. The van der Waals surface area contributed by atoms with E-state index in [4.69, 9.17) is 4.74 Å². The van der Waals surface area contributed by atoms with Crippen LogP contribution in [0.5, 0.6) is 0 Å². The van der Waals surface area contributed by atoms with Crippen LogP contribution in [0.2, 0.25) is 0 Å². The number of ether oxygens (including phenoxy) is 1. The summed E-state index contributed by atoms with van der Waals surface area (Å²) in [6.45, 7) is 0.261. The zero-order chi connectivity index (χ0) is 16.4. The van der Waals surface area contributed by atoms with Gasteiger partial charge in [0, 0.05) is 6.54 Å². The largest absolute Gasteiger partial charge is 0.465 e. The van der Waals surface area contributed by atoms with Crippen molar-refractivity contribution < 1.29 is 19.4 Å². The van der Waals surface area contributed by atoms with E-state index in [1.165, 1.54) is 7.11 Å². The number of β-amino-alcohol motifs (C(OH)–C–C–N with tert-alkyl or cyclic N) is 1. The number of carbonyl (C=O) groups is 2. The number of anilines is 3. The Labute approximate surface area is 133 Å². The zero-order valence-electron chi connectivity index (χ0n) is 12.6. The van der Waals surface area contributed by atoms with Crippen LogP contribution >= 0.6 is 0 Å². The summed E-state index contributed by atoms with van der Waals surface area (Å²) < 4.78 is 4.72. The van der Waals surface area contributed by atoms with Crippen molar-refractivity contribution in [3.05, 3.63) is 53.6 Å². The third-order valence-electron chi connectivity index (χ3n) is 3.72. The van der Waals surface area contributed by atoms with E-state index in [-0.39, 0.29) is 12.5 Å². The maximum Gasteiger partial charge on any atom is 0.337 e. The number of carbonyl (C=O) groups excluding carboxylic acids is 2. The summed E-state index contributed by atoms with van der Waals surface area (Å²) in [6, 6.07) is 12.1. The number of aliphatic hydroxyl groups is 1. The monoisotopic (exact) mass is 312 g/mol. The van der Waals surface area contributed by atoms with Gasteiger partial charge in [-0.05, 0) is 30.3 Å². The summed E-state index contributed by atoms with van der Waals surface area (Å²) in [4.78, 5) is 26.0. The van der Waals surface area contributed by atoms with Crippen molar-refractivity contribution in [1.29, 1.82) is 0 Å². The fraction of sp³-hybridized carbons (Fsp3) is 0.176. The predicted molar refractivity (Wildman–Crippen MR) is 86.3 cm³/mol. The van der Waals surface area contributed by atoms with Crippen LogP contribution in [0.3, 0.4) is 0 Å². The molecule has 118 valence electrons. The minimum Gasteiger partial charge on any atom is -0.465 e. The van der Waals surface area contributed by atoms with Crippen molar-refractivity contribution in [2.24, 2.45) is 0 Å². The topological polar surface area (TPSA) is 78.9 Å². The summed E-state index contributed by atoms with van der Waals surface area (Å²) in [5, 5.41) is 12.2. The van der Waals surface area contributed by atoms with Crippen molar-refractivity contribution in [3.8, 4) is 0 Å². The van der Waals surface area contributed by atoms with Crippen LogP contribution in [-0.2, 0) is 4.74 Å². The summed E-state index contributed by atoms with van der Waals surface area (Å²) in [6.07, 6.45) is 0. The molecule has 0 radical (unpaired) electrons. The van der Waals surface area contributed by atoms with E-state index < -0.39 is 5.97 Å². The summed E-state index contributed by atoms with van der Waals surface area (Å²) in [5.41, 5.74) is 2.79. The smallest absolute Gasteiger partial charge is 0.337 e. The van der Waals surface area contributed by atoms with Gasteiger partial charge in [-0.2, -0.15) is 0 Å². The number of aliphatic hydroxyl groups excluding tert-OH is 1. The van der Waals surface area contributed by atoms with E-state index in [2.05, 4.69) is 5.32 Å². The third kappa shape index (κ3) is 2.64. The number of hydrogen-bond acceptors (Lipinski definition) is 5. The molecule has 0 aliphatic carbocycles. The molecule has 2 N–H and O–H groups in total. The molecular weight excluding hydrogens is 296 g/mol. The van der Waals surface area contributed by atoms with Crippen LogP contribution < -0.4 is 10.2 Å². The van der Waals surface area contributed by atoms with Crippen molar-refractivity contribution in [2.75, 3.05) is 30.5 Å². The number of amides is 1. The summed E-state index contributed by atoms with van der Waals surface area (Å²) in [5.74, 6) is -0.734. The number of fused-ring (bicyclic) bond motifs is 2. The Morgan fingerprint density at radius 1 is 1.22 bits per heavy atom. The molecule has 23 heavy (non-hydrogen) atoms. The molecule has 2 aromatic rings. The lowest BCUT2D eigenvalue weighted by molar-refractivity contribution is 0.0600. The first kappa shape index (κ1) is 15.1. The van der Waals surface area contributed by atoms with E-state index in [1.807, 2.05) is 17.0 Å². The van der Waals surface area contributed by atoms with Gasteiger partial charge in [0.1, 0.15) is 0 Å². The van der Waals surface area contributed by atoms with E-state index in [0.29, 0.717) is 34.7 Å². The Kier molecular flexibility index (Phi) is 3.99. The molecular formula is C17H16N2O4. The molecule has 1 heterocycles. The van der Waals surface area contributed by atoms with Crippen LogP contribution in [0.25, 0.3) is 0 Å². The SMILES string of the molecule is COC(=O)c1ccc2c(c1)NC(=O)c1ccccc1N2CCO. The summed E-state index contributed by atoms with van der Waals surface area (Å²) >= 11 is 0. The number of esters is 1. The van der Waals surface area contributed by atoms with Gasteiger partial charge in [-0.25, -0.2) is 4.79 Å². The Morgan fingerprint density at radius 2 is 2.00 bits per heavy atom. The first-order valence-corrected chi connectivity index (χ1v) is 7.17. The molecule has 0 fully saturated rings. The van der Waals surface area contributed by atoms with Crippen molar-refractivity contribution in [2.45, 2.75) is 0 Å². The Balaban J connectivity index is 2.16. The number of methoxy groups -OCH3 is 1. The van der Waals surface area contributed by atoms with Gasteiger partial charge in [0.25, 0.3) is 5.91 Å². The van der Waals surface area contributed by atoms with Crippen LogP contribution in [0, 0.1) is 0 Å². The second-order valence-electron chi connectivity index (χ2n) is 5.07. The van der Waals surface area contributed by atoms with Crippen LogP contribution in [0.1, 0.15) is 20.7 Å². The van der Waals surface area contributed by atoms with Gasteiger partial charge in [-0.1, -0.05) is 12.1 Å². The average Bonchev–Trinajstić information content (AvgIpc) is 2.69. The lowest BCUT2D eigenvalue weighted by Crippen LogP contribution is -2.22. The Hall–Kier alpha value is -2.86. The summed E-state index contributed by atoms with van der Waals surface area (Å²) in [7, 11) is 1.31. The van der Waals surface area contributed by atoms with Gasteiger partial charge in [0.2, 0.25) is 0 Å². The molecule has 0 saturated carbocycles. The number of nitrogens with one attached hydrogen (secondary N) is 1. The van der Waals surface area contributed by atoms with E-state index in [1.54, 1.807) is 30.3 Å².